The van der Waals surface area contributed by atoms with Crippen LogP contribution < -0.4 is 4.31 Å². The molecule has 0 saturated heterocycles. The van der Waals surface area contributed by atoms with Crippen molar-refractivity contribution in [1.82, 2.24) is 0 Å². The van der Waals surface area contributed by atoms with Gasteiger partial charge in [-0.1, -0.05) is 23.6 Å². The lowest BCUT2D eigenvalue weighted by Gasteiger charge is -2.23. The maximum atomic E-state index is 11.9. The number of carbonyl (C=O) groups is 1. The van der Waals surface area contributed by atoms with Crippen molar-refractivity contribution < 1.29 is 22.5 Å². The van der Waals surface area contributed by atoms with Gasteiger partial charge in [-0.15, -0.1) is 6.42 Å². The Bertz CT molecular complexity index is 911. The second-order valence-electron chi connectivity index (χ2n) is 4.95. The molecule has 6 nitrogen and oxygen atoms in total. The first-order chi connectivity index (χ1) is 11.3. The Morgan fingerprint density at radius 3 is 2.33 bits per heavy atom. The summed E-state index contributed by atoms with van der Waals surface area (Å²) in [5, 5.41) is 0. The van der Waals surface area contributed by atoms with Gasteiger partial charge in [-0.3, -0.25) is 4.55 Å². The van der Waals surface area contributed by atoms with Crippen LogP contribution in [-0.4, -0.2) is 26.0 Å². The zero-order valence-corrected chi connectivity index (χ0v) is 13.9. The minimum Gasteiger partial charge on any atom is -0.465 e. The van der Waals surface area contributed by atoms with Crippen molar-refractivity contribution in [3.63, 3.8) is 0 Å². The van der Waals surface area contributed by atoms with Crippen LogP contribution in [0.3, 0.4) is 0 Å². The molecule has 2 aromatic carbocycles. The Morgan fingerprint density at radius 1 is 1.21 bits per heavy atom. The van der Waals surface area contributed by atoms with E-state index >= 15 is 0 Å². The molecule has 0 unspecified atom stereocenters. The van der Waals surface area contributed by atoms with Crippen molar-refractivity contribution in [2.24, 2.45) is 0 Å². The van der Waals surface area contributed by atoms with Crippen LogP contribution in [0.25, 0.3) is 0 Å². The van der Waals surface area contributed by atoms with E-state index in [9.17, 15) is 17.8 Å². The molecule has 0 fully saturated rings. The highest BCUT2D eigenvalue weighted by Gasteiger charge is 2.25. The fourth-order valence-corrected chi connectivity index (χ4v) is 2.93. The standard InChI is InChI=1S/C17H15NO5S/c1-4-13-7-8-14(17(19)23-3)11-16(13)18(24(20,21)22)15-9-5-12(2)6-10-15/h1,5-11H,2-3H3,(H,20,21,22). The van der Waals surface area contributed by atoms with Gasteiger partial charge in [0.25, 0.3) is 0 Å². The summed E-state index contributed by atoms with van der Waals surface area (Å²) in [5.41, 5.74) is 1.37. The van der Waals surface area contributed by atoms with Gasteiger partial charge in [0, 0.05) is 5.56 Å². The number of esters is 1. The van der Waals surface area contributed by atoms with E-state index in [0.29, 0.717) is 4.31 Å². The summed E-state index contributed by atoms with van der Waals surface area (Å²) in [6, 6.07) is 10.5. The van der Waals surface area contributed by atoms with Gasteiger partial charge >= 0.3 is 16.3 Å². The van der Waals surface area contributed by atoms with Crippen molar-refractivity contribution in [3.05, 3.63) is 59.2 Å². The molecule has 0 aliphatic heterocycles. The van der Waals surface area contributed by atoms with Crippen LogP contribution in [0, 0.1) is 19.3 Å². The summed E-state index contributed by atoms with van der Waals surface area (Å²) >= 11 is 0. The monoisotopic (exact) mass is 345 g/mol. The first-order valence-electron chi connectivity index (χ1n) is 6.81. The van der Waals surface area contributed by atoms with Gasteiger partial charge in [0.15, 0.2) is 0 Å². The van der Waals surface area contributed by atoms with Crippen LogP contribution in [0.15, 0.2) is 42.5 Å². The fraction of sp³-hybridized carbons (Fsp3) is 0.118. The van der Waals surface area contributed by atoms with Gasteiger partial charge in [0.2, 0.25) is 0 Å². The Hall–Kier alpha value is -2.82. The lowest BCUT2D eigenvalue weighted by molar-refractivity contribution is 0.0600. The van der Waals surface area contributed by atoms with Crippen LogP contribution in [-0.2, 0) is 15.0 Å². The minimum atomic E-state index is -4.68. The third kappa shape index (κ3) is 3.56. The van der Waals surface area contributed by atoms with E-state index in [2.05, 4.69) is 10.7 Å². The van der Waals surface area contributed by atoms with Gasteiger partial charge in [-0.05, 0) is 37.3 Å². The molecule has 0 aliphatic rings. The third-order valence-electron chi connectivity index (χ3n) is 3.29. The summed E-state index contributed by atoms with van der Waals surface area (Å²) < 4.78 is 38.8. The summed E-state index contributed by atoms with van der Waals surface area (Å²) in [6.45, 7) is 1.84. The van der Waals surface area contributed by atoms with E-state index in [1.165, 1.54) is 37.4 Å². The largest absolute Gasteiger partial charge is 0.465 e. The van der Waals surface area contributed by atoms with Gasteiger partial charge in [0.05, 0.1) is 24.0 Å². The maximum absolute atomic E-state index is 11.9. The van der Waals surface area contributed by atoms with Crippen molar-refractivity contribution in [2.75, 3.05) is 11.4 Å². The van der Waals surface area contributed by atoms with Crippen molar-refractivity contribution >= 4 is 27.6 Å². The number of hydrogen-bond acceptors (Lipinski definition) is 4. The lowest BCUT2D eigenvalue weighted by atomic mass is 10.1. The molecule has 0 aliphatic carbocycles. The molecule has 7 heteroatoms. The number of methoxy groups -OCH3 is 1. The van der Waals surface area contributed by atoms with E-state index in [1.54, 1.807) is 12.1 Å². The maximum Gasteiger partial charge on any atom is 0.364 e. The second kappa shape index (κ2) is 6.74. The Kier molecular flexibility index (Phi) is 4.93. The molecule has 2 rings (SSSR count). The van der Waals surface area contributed by atoms with Crippen LogP contribution in [0.5, 0.6) is 0 Å². The predicted octanol–water partition coefficient (Wildman–Crippen LogP) is 2.70. The number of anilines is 2. The molecule has 0 amide bonds. The average molecular weight is 345 g/mol. The van der Waals surface area contributed by atoms with Crippen LogP contribution >= 0.6 is 0 Å². The lowest BCUT2D eigenvalue weighted by Crippen LogP contribution is -2.26. The molecule has 1 N–H and O–H groups in total. The first-order valence-corrected chi connectivity index (χ1v) is 8.21. The summed E-state index contributed by atoms with van der Waals surface area (Å²) in [5.74, 6) is 1.69. The highest BCUT2D eigenvalue weighted by Crippen LogP contribution is 2.32. The average Bonchev–Trinajstić information content (AvgIpc) is 2.55. The third-order valence-corrected chi connectivity index (χ3v) is 4.16. The SMILES string of the molecule is C#Cc1ccc(C(=O)OC)cc1N(c1ccc(C)cc1)S(=O)(=O)O. The zero-order chi connectivity index (χ0) is 17.9. The highest BCUT2D eigenvalue weighted by molar-refractivity contribution is 7.87. The number of carbonyl (C=O) groups excluding carboxylic acids is 1. The van der Waals surface area contributed by atoms with Crippen molar-refractivity contribution in [3.8, 4) is 12.3 Å². The van der Waals surface area contributed by atoms with E-state index in [4.69, 9.17) is 6.42 Å². The van der Waals surface area contributed by atoms with Gasteiger partial charge < -0.3 is 4.74 Å². The molecule has 0 radical (unpaired) electrons. The second-order valence-corrected chi connectivity index (χ2v) is 6.21. The molecule has 0 heterocycles. The summed E-state index contributed by atoms with van der Waals surface area (Å²) in [4.78, 5) is 11.7. The number of aryl methyl sites for hydroxylation is 1. The molecule has 24 heavy (non-hydrogen) atoms. The van der Waals surface area contributed by atoms with E-state index < -0.39 is 16.3 Å². The molecule has 2 aromatic rings. The number of benzene rings is 2. The smallest absolute Gasteiger partial charge is 0.364 e. The van der Waals surface area contributed by atoms with E-state index in [0.717, 1.165) is 5.56 Å². The van der Waals surface area contributed by atoms with Crippen LogP contribution in [0.2, 0.25) is 0 Å². The normalized spacial score (nSPS) is 10.8. The minimum absolute atomic E-state index is 0.0215. The molecular weight excluding hydrogens is 330 g/mol. The first kappa shape index (κ1) is 17.5. The Labute approximate surface area is 140 Å². The molecular formula is C17H15NO5S. The Balaban J connectivity index is 2.73. The van der Waals surface area contributed by atoms with Gasteiger partial charge in [-0.2, -0.15) is 8.42 Å². The number of hydrogen-bond donors (Lipinski definition) is 1. The van der Waals surface area contributed by atoms with Crippen LogP contribution in [0.1, 0.15) is 21.5 Å². The number of rotatable bonds is 4. The molecule has 0 atom stereocenters. The molecule has 0 spiro atoms. The summed E-state index contributed by atoms with van der Waals surface area (Å²) in [6.07, 6.45) is 5.42. The predicted molar refractivity (Wildman–Crippen MR) is 90.6 cm³/mol. The topological polar surface area (TPSA) is 83.9 Å². The fourth-order valence-electron chi connectivity index (χ4n) is 2.14. The quantitative estimate of drug-likeness (QED) is 0.523. The van der Waals surface area contributed by atoms with Crippen LogP contribution in [0.4, 0.5) is 11.4 Å². The van der Waals surface area contributed by atoms with Crippen molar-refractivity contribution in [1.29, 1.82) is 0 Å². The number of nitrogens with zero attached hydrogens (tertiary/aromatic N) is 1. The van der Waals surface area contributed by atoms with E-state index in [1.807, 2.05) is 6.92 Å². The molecule has 0 aromatic heterocycles. The molecule has 0 saturated carbocycles. The van der Waals surface area contributed by atoms with Crippen molar-refractivity contribution in [2.45, 2.75) is 6.92 Å². The molecule has 0 bridgehead atoms. The zero-order valence-electron chi connectivity index (χ0n) is 13.1. The number of terminal acetylenes is 1. The number of ether oxygens (including phenoxy) is 1. The Morgan fingerprint density at radius 2 is 1.83 bits per heavy atom. The highest BCUT2D eigenvalue weighted by atomic mass is 32.2. The molecule has 124 valence electrons. The van der Waals surface area contributed by atoms with Gasteiger partial charge in [-0.25, -0.2) is 9.10 Å². The van der Waals surface area contributed by atoms with E-state index in [-0.39, 0.29) is 22.5 Å². The van der Waals surface area contributed by atoms with Gasteiger partial charge in [0.1, 0.15) is 0 Å². The summed E-state index contributed by atoms with van der Waals surface area (Å²) in [7, 11) is -3.47.